The fourth-order valence-electron chi connectivity index (χ4n) is 3.64. The van der Waals surface area contributed by atoms with Crippen LogP contribution in [0.1, 0.15) is 25.7 Å². The van der Waals surface area contributed by atoms with Gasteiger partial charge in [-0.05, 0) is 25.0 Å². The molecule has 8 nitrogen and oxygen atoms in total. The number of carbonyl (C=O) groups excluding carboxylic acids is 1. The maximum atomic E-state index is 12.4. The normalized spacial score (nSPS) is 23.6. The van der Waals surface area contributed by atoms with E-state index in [9.17, 15) is 14.9 Å². The number of fused-ring (bicyclic) bond motifs is 1. The molecule has 1 heterocycles. The van der Waals surface area contributed by atoms with Crippen LogP contribution in [0.4, 0.5) is 11.4 Å². The van der Waals surface area contributed by atoms with Crippen molar-refractivity contribution in [3.63, 3.8) is 0 Å². The van der Waals surface area contributed by atoms with Gasteiger partial charge in [-0.15, -0.1) is 0 Å². The highest BCUT2D eigenvalue weighted by Crippen LogP contribution is 2.30. The third kappa shape index (κ3) is 4.08. The zero-order valence-electron chi connectivity index (χ0n) is 14.3. The summed E-state index contributed by atoms with van der Waals surface area (Å²) in [5.41, 5.74) is 0.00877. The first-order valence-electron chi connectivity index (χ1n) is 8.56. The molecule has 136 valence electrons. The SMILES string of the molecule is COc1ccc(NC(=O)CN2CCO[C@H]3CCCC[C@@H]32)c([N+](=O)[O-])c1. The molecule has 1 aliphatic carbocycles. The van der Waals surface area contributed by atoms with E-state index in [-0.39, 0.29) is 36.0 Å². The zero-order valence-corrected chi connectivity index (χ0v) is 14.3. The van der Waals surface area contributed by atoms with E-state index in [2.05, 4.69) is 10.2 Å². The molecule has 0 radical (unpaired) electrons. The van der Waals surface area contributed by atoms with E-state index in [1.165, 1.54) is 25.7 Å². The van der Waals surface area contributed by atoms with Crippen molar-refractivity contribution in [2.45, 2.75) is 37.8 Å². The molecular formula is C17H23N3O5. The maximum absolute atomic E-state index is 12.4. The Morgan fingerprint density at radius 3 is 3.00 bits per heavy atom. The van der Waals surface area contributed by atoms with Gasteiger partial charge in [0.15, 0.2) is 0 Å². The third-order valence-corrected chi connectivity index (χ3v) is 4.87. The number of nitro groups is 1. The Morgan fingerprint density at radius 2 is 2.24 bits per heavy atom. The minimum atomic E-state index is -0.524. The topological polar surface area (TPSA) is 93.9 Å². The maximum Gasteiger partial charge on any atom is 0.296 e. The fraction of sp³-hybridized carbons (Fsp3) is 0.588. The molecule has 1 saturated heterocycles. The number of benzene rings is 1. The van der Waals surface area contributed by atoms with Crippen molar-refractivity contribution in [2.75, 3.05) is 32.1 Å². The Hall–Kier alpha value is -2.19. The number of rotatable bonds is 5. The average molecular weight is 349 g/mol. The molecule has 2 aliphatic rings. The second-order valence-electron chi connectivity index (χ2n) is 6.42. The van der Waals surface area contributed by atoms with Crippen LogP contribution < -0.4 is 10.1 Å². The summed E-state index contributed by atoms with van der Waals surface area (Å²) < 4.78 is 10.8. The first kappa shape index (κ1) is 17.6. The molecule has 3 rings (SSSR count). The lowest BCUT2D eigenvalue weighted by atomic mass is 9.90. The molecule has 0 aromatic heterocycles. The summed E-state index contributed by atoms with van der Waals surface area (Å²) in [6, 6.07) is 4.66. The number of nitrogens with one attached hydrogen (secondary N) is 1. The van der Waals surface area contributed by atoms with Crippen molar-refractivity contribution in [1.29, 1.82) is 0 Å². The van der Waals surface area contributed by atoms with Crippen LogP contribution >= 0.6 is 0 Å². The molecule has 0 spiro atoms. The molecule has 0 bridgehead atoms. The van der Waals surface area contributed by atoms with Crippen LogP contribution in [0.3, 0.4) is 0 Å². The number of nitro benzene ring substituents is 1. The molecule has 0 unspecified atom stereocenters. The monoisotopic (exact) mass is 349 g/mol. The molecule has 2 fully saturated rings. The lowest BCUT2D eigenvalue weighted by molar-refractivity contribution is -0.384. The highest BCUT2D eigenvalue weighted by atomic mass is 16.6. The summed E-state index contributed by atoms with van der Waals surface area (Å²) in [7, 11) is 1.44. The highest BCUT2D eigenvalue weighted by Gasteiger charge is 2.35. The number of morpholine rings is 1. The summed E-state index contributed by atoms with van der Waals surface area (Å²) in [5.74, 6) is 0.127. The molecule has 8 heteroatoms. The highest BCUT2D eigenvalue weighted by molar-refractivity contribution is 5.94. The van der Waals surface area contributed by atoms with Gasteiger partial charge in [-0.25, -0.2) is 0 Å². The summed E-state index contributed by atoms with van der Waals surface area (Å²) in [6.07, 6.45) is 4.57. The standard InChI is InChI=1S/C17H23N3O5/c1-24-12-6-7-13(15(10-12)20(22)23)18-17(21)11-19-8-9-25-16-5-3-2-4-14(16)19/h6-7,10,14,16H,2-5,8-9,11H2,1H3,(H,18,21)/t14-,16-/m0/s1. The quantitative estimate of drug-likeness (QED) is 0.647. The number of carbonyl (C=O) groups is 1. The number of hydrogen-bond acceptors (Lipinski definition) is 6. The molecule has 1 amide bonds. The van der Waals surface area contributed by atoms with E-state index in [0.717, 1.165) is 19.3 Å². The van der Waals surface area contributed by atoms with Gasteiger partial charge in [0.2, 0.25) is 5.91 Å². The van der Waals surface area contributed by atoms with E-state index in [1.807, 2.05) is 0 Å². The van der Waals surface area contributed by atoms with Crippen molar-refractivity contribution in [1.82, 2.24) is 4.90 Å². The van der Waals surface area contributed by atoms with Crippen LogP contribution in [0.5, 0.6) is 5.75 Å². The smallest absolute Gasteiger partial charge is 0.296 e. The Morgan fingerprint density at radius 1 is 1.44 bits per heavy atom. The summed E-state index contributed by atoms with van der Waals surface area (Å²) in [5, 5.41) is 13.9. The number of nitrogens with zero attached hydrogens (tertiary/aromatic N) is 2. The van der Waals surface area contributed by atoms with Gasteiger partial charge in [0, 0.05) is 12.6 Å². The predicted molar refractivity (Wildman–Crippen MR) is 91.8 cm³/mol. The van der Waals surface area contributed by atoms with E-state index in [1.54, 1.807) is 6.07 Å². The molecule has 1 aromatic rings. The van der Waals surface area contributed by atoms with E-state index in [0.29, 0.717) is 18.9 Å². The number of anilines is 1. The van der Waals surface area contributed by atoms with Crippen molar-refractivity contribution >= 4 is 17.3 Å². The Balaban J connectivity index is 1.67. The Labute approximate surface area is 146 Å². The van der Waals surface area contributed by atoms with Crippen molar-refractivity contribution < 1.29 is 19.2 Å². The van der Waals surface area contributed by atoms with Crippen LogP contribution in [0.25, 0.3) is 0 Å². The van der Waals surface area contributed by atoms with Gasteiger partial charge in [0.1, 0.15) is 11.4 Å². The van der Waals surface area contributed by atoms with E-state index in [4.69, 9.17) is 9.47 Å². The van der Waals surface area contributed by atoms with Gasteiger partial charge in [-0.3, -0.25) is 19.8 Å². The van der Waals surface area contributed by atoms with Crippen LogP contribution in [-0.4, -0.2) is 54.7 Å². The molecule has 1 N–H and O–H groups in total. The van der Waals surface area contributed by atoms with Crippen LogP contribution in [0.2, 0.25) is 0 Å². The lowest BCUT2D eigenvalue weighted by Crippen LogP contribution is -2.54. The third-order valence-electron chi connectivity index (χ3n) is 4.87. The number of hydrogen-bond donors (Lipinski definition) is 1. The second-order valence-corrected chi connectivity index (χ2v) is 6.42. The second kappa shape index (κ2) is 7.79. The predicted octanol–water partition coefficient (Wildman–Crippen LogP) is 2.19. The first-order valence-corrected chi connectivity index (χ1v) is 8.56. The van der Waals surface area contributed by atoms with Crippen molar-refractivity contribution in [2.24, 2.45) is 0 Å². The van der Waals surface area contributed by atoms with Crippen LogP contribution in [-0.2, 0) is 9.53 Å². The fourth-order valence-corrected chi connectivity index (χ4v) is 3.64. The van der Waals surface area contributed by atoms with Crippen molar-refractivity contribution in [3.8, 4) is 5.75 Å². The molecule has 1 aromatic carbocycles. The van der Waals surface area contributed by atoms with Crippen LogP contribution in [0, 0.1) is 10.1 Å². The molecule has 1 saturated carbocycles. The molecule has 1 aliphatic heterocycles. The summed E-state index contributed by atoms with van der Waals surface area (Å²) in [6.45, 7) is 1.55. The minimum Gasteiger partial charge on any atom is -0.496 e. The van der Waals surface area contributed by atoms with Crippen LogP contribution in [0.15, 0.2) is 18.2 Å². The minimum absolute atomic E-state index is 0.176. The van der Waals surface area contributed by atoms with Gasteiger partial charge in [-0.1, -0.05) is 12.8 Å². The van der Waals surface area contributed by atoms with Gasteiger partial charge in [0.05, 0.1) is 37.4 Å². The number of amides is 1. The van der Waals surface area contributed by atoms with E-state index >= 15 is 0 Å². The molecule has 25 heavy (non-hydrogen) atoms. The van der Waals surface area contributed by atoms with Gasteiger partial charge < -0.3 is 14.8 Å². The lowest BCUT2D eigenvalue weighted by Gasteiger charge is -2.43. The zero-order chi connectivity index (χ0) is 17.8. The van der Waals surface area contributed by atoms with E-state index < -0.39 is 4.92 Å². The number of methoxy groups -OCH3 is 1. The Bertz CT molecular complexity index is 649. The molecular weight excluding hydrogens is 326 g/mol. The van der Waals surface area contributed by atoms with Crippen molar-refractivity contribution in [3.05, 3.63) is 28.3 Å². The average Bonchev–Trinajstić information content (AvgIpc) is 2.62. The largest absolute Gasteiger partial charge is 0.496 e. The first-order chi connectivity index (χ1) is 12.1. The van der Waals surface area contributed by atoms with Gasteiger partial charge >= 0.3 is 0 Å². The summed E-state index contributed by atoms with van der Waals surface area (Å²) in [4.78, 5) is 25.3. The molecule has 2 atom stereocenters. The van der Waals surface area contributed by atoms with Gasteiger partial charge in [0.25, 0.3) is 5.69 Å². The number of ether oxygens (including phenoxy) is 2. The summed E-state index contributed by atoms with van der Waals surface area (Å²) >= 11 is 0. The van der Waals surface area contributed by atoms with Gasteiger partial charge in [-0.2, -0.15) is 0 Å². The Kier molecular flexibility index (Phi) is 5.50.